The fourth-order valence-corrected chi connectivity index (χ4v) is 2.86. The molecule has 1 N–H and O–H groups in total. The molecule has 25 heavy (non-hydrogen) atoms. The topological polar surface area (TPSA) is 71.8 Å². The van der Waals surface area contributed by atoms with E-state index in [9.17, 15) is 9.59 Å². The zero-order valence-corrected chi connectivity index (χ0v) is 14.2. The molecule has 1 fully saturated rings. The van der Waals surface area contributed by atoms with E-state index >= 15 is 0 Å². The van der Waals surface area contributed by atoms with Gasteiger partial charge in [-0.3, -0.25) is 4.79 Å². The number of Topliss-reactive ketones (excluding diaryl/α,β-unsaturated/α-hetero) is 1. The summed E-state index contributed by atoms with van der Waals surface area (Å²) in [6.07, 6.45) is 3.60. The summed E-state index contributed by atoms with van der Waals surface area (Å²) in [4.78, 5) is 25.9. The first-order valence-electron chi connectivity index (χ1n) is 8.43. The lowest BCUT2D eigenvalue weighted by Gasteiger charge is -2.25. The average molecular weight is 342 g/mol. The summed E-state index contributed by atoms with van der Waals surface area (Å²) in [5.41, 5.74) is 1.16. The SMILES string of the molecule is CC(=O)c1cccc(NC(=O)N(Cc2ccco2)C[C@H]2CCCO2)c1. The van der Waals surface area contributed by atoms with Crippen LogP contribution in [-0.4, -0.2) is 36.0 Å². The maximum Gasteiger partial charge on any atom is 0.322 e. The molecule has 0 bridgehead atoms. The van der Waals surface area contributed by atoms with Crippen molar-refractivity contribution >= 4 is 17.5 Å². The molecule has 6 nitrogen and oxygen atoms in total. The largest absolute Gasteiger partial charge is 0.467 e. The van der Waals surface area contributed by atoms with E-state index in [1.54, 1.807) is 41.5 Å². The second kappa shape index (κ2) is 7.98. The van der Waals surface area contributed by atoms with Gasteiger partial charge < -0.3 is 19.4 Å². The van der Waals surface area contributed by atoms with E-state index in [0.717, 1.165) is 19.4 Å². The van der Waals surface area contributed by atoms with Crippen molar-refractivity contribution in [3.05, 3.63) is 54.0 Å². The third-order valence-electron chi connectivity index (χ3n) is 4.18. The maximum absolute atomic E-state index is 12.7. The first-order chi connectivity index (χ1) is 12.1. The van der Waals surface area contributed by atoms with Gasteiger partial charge in [-0.05, 0) is 44.0 Å². The molecule has 1 aromatic heterocycles. The molecule has 1 saturated heterocycles. The van der Waals surface area contributed by atoms with Crippen molar-refractivity contribution in [3.8, 4) is 0 Å². The van der Waals surface area contributed by atoms with Gasteiger partial charge >= 0.3 is 6.03 Å². The van der Waals surface area contributed by atoms with Crippen LogP contribution in [0, 0.1) is 0 Å². The third-order valence-corrected chi connectivity index (χ3v) is 4.18. The summed E-state index contributed by atoms with van der Waals surface area (Å²) in [5.74, 6) is 0.675. The number of anilines is 1. The van der Waals surface area contributed by atoms with Gasteiger partial charge in [0.25, 0.3) is 0 Å². The number of furan rings is 1. The zero-order chi connectivity index (χ0) is 17.6. The molecule has 0 aliphatic carbocycles. The van der Waals surface area contributed by atoms with Gasteiger partial charge in [-0.25, -0.2) is 4.79 Å². The molecule has 132 valence electrons. The molecular weight excluding hydrogens is 320 g/mol. The highest BCUT2D eigenvalue weighted by molar-refractivity contribution is 5.96. The summed E-state index contributed by atoms with van der Waals surface area (Å²) < 4.78 is 11.0. The molecule has 0 saturated carbocycles. The fourth-order valence-electron chi connectivity index (χ4n) is 2.86. The lowest BCUT2D eigenvalue weighted by Crippen LogP contribution is -2.39. The van der Waals surface area contributed by atoms with E-state index in [2.05, 4.69) is 5.32 Å². The average Bonchev–Trinajstić information content (AvgIpc) is 3.28. The Morgan fingerprint density at radius 1 is 1.28 bits per heavy atom. The lowest BCUT2D eigenvalue weighted by molar-refractivity contribution is 0.0803. The molecule has 2 amide bonds. The Hall–Kier alpha value is -2.60. The minimum Gasteiger partial charge on any atom is -0.467 e. The number of nitrogens with zero attached hydrogens (tertiary/aromatic N) is 1. The van der Waals surface area contributed by atoms with E-state index in [4.69, 9.17) is 9.15 Å². The number of nitrogens with one attached hydrogen (secondary N) is 1. The molecule has 0 spiro atoms. The van der Waals surface area contributed by atoms with Gasteiger partial charge in [0.2, 0.25) is 0 Å². The Balaban J connectivity index is 1.71. The zero-order valence-electron chi connectivity index (χ0n) is 14.2. The monoisotopic (exact) mass is 342 g/mol. The number of ketones is 1. The summed E-state index contributed by atoms with van der Waals surface area (Å²) in [6.45, 7) is 3.10. The molecule has 1 aliphatic rings. The van der Waals surface area contributed by atoms with Gasteiger partial charge in [0.15, 0.2) is 5.78 Å². The van der Waals surface area contributed by atoms with E-state index in [1.807, 2.05) is 6.07 Å². The molecule has 0 radical (unpaired) electrons. The Morgan fingerprint density at radius 3 is 2.84 bits per heavy atom. The van der Waals surface area contributed by atoms with Gasteiger partial charge in [-0.15, -0.1) is 0 Å². The third kappa shape index (κ3) is 4.70. The van der Waals surface area contributed by atoms with Crippen LogP contribution in [0.1, 0.15) is 35.9 Å². The number of benzene rings is 1. The van der Waals surface area contributed by atoms with Gasteiger partial charge in [-0.1, -0.05) is 12.1 Å². The van der Waals surface area contributed by atoms with E-state index < -0.39 is 0 Å². The normalized spacial score (nSPS) is 16.6. The van der Waals surface area contributed by atoms with Crippen molar-refractivity contribution in [3.63, 3.8) is 0 Å². The standard InChI is InChI=1S/C19H22N2O4/c1-14(22)15-5-2-6-16(11-15)20-19(23)21(12-17-7-3-9-24-17)13-18-8-4-10-25-18/h2-3,5-7,9,11,18H,4,8,10,12-13H2,1H3,(H,20,23)/t18-/m1/s1. The summed E-state index contributed by atoms with van der Waals surface area (Å²) in [7, 11) is 0. The number of carbonyl (C=O) groups excluding carboxylic acids is 2. The van der Waals surface area contributed by atoms with Crippen LogP contribution in [0.4, 0.5) is 10.5 Å². The van der Waals surface area contributed by atoms with E-state index in [-0.39, 0.29) is 17.9 Å². The number of urea groups is 1. The van der Waals surface area contributed by atoms with Crippen LogP contribution in [-0.2, 0) is 11.3 Å². The first-order valence-corrected chi connectivity index (χ1v) is 8.43. The number of carbonyl (C=O) groups is 2. The van der Waals surface area contributed by atoms with Crippen LogP contribution in [0.25, 0.3) is 0 Å². The Labute approximate surface area is 146 Å². The van der Waals surface area contributed by atoms with Crippen molar-refractivity contribution in [2.75, 3.05) is 18.5 Å². The van der Waals surface area contributed by atoms with E-state index in [0.29, 0.717) is 30.1 Å². The number of rotatable bonds is 6. The summed E-state index contributed by atoms with van der Waals surface area (Å²) >= 11 is 0. The van der Waals surface area contributed by atoms with Crippen LogP contribution in [0.15, 0.2) is 47.1 Å². The van der Waals surface area contributed by atoms with Crippen molar-refractivity contribution in [1.82, 2.24) is 4.90 Å². The molecule has 1 atom stereocenters. The molecule has 3 rings (SSSR count). The van der Waals surface area contributed by atoms with Crippen LogP contribution in [0.3, 0.4) is 0 Å². The van der Waals surface area contributed by atoms with Gasteiger partial charge in [0.1, 0.15) is 5.76 Å². The van der Waals surface area contributed by atoms with Crippen LogP contribution in [0.2, 0.25) is 0 Å². The Bertz CT molecular complexity index is 721. The lowest BCUT2D eigenvalue weighted by atomic mass is 10.1. The first kappa shape index (κ1) is 17.2. The van der Waals surface area contributed by atoms with Crippen LogP contribution < -0.4 is 5.32 Å². The highest BCUT2D eigenvalue weighted by atomic mass is 16.5. The van der Waals surface area contributed by atoms with Crippen molar-refractivity contribution in [2.45, 2.75) is 32.4 Å². The number of hydrogen-bond donors (Lipinski definition) is 1. The van der Waals surface area contributed by atoms with Crippen molar-refractivity contribution < 1.29 is 18.7 Å². The summed E-state index contributed by atoms with van der Waals surface area (Å²) in [6, 6.07) is 10.3. The minimum absolute atomic E-state index is 0.0390. The quantitative estimate of drug-likeness (QED) is 0.813. The molecule has 0 unspecified atom stereocenters. The summed E-state index contributed by atoms with van der Waals surface area (Å²) in [5, 5.41) is 2.86. The molecule has 2 aromatic rings. The maximum atomic E-state index is 12.7. The van der Waals surface area contributed by atoms with Gasteiger partial charge in [-0.2, -0.15) is 0 Å². The Kier molecular flexibility index (Phi) is 5.50. The second-order valence-electron chi connectivity index (χ2n) is 6.16. The predicted octanol–water partition coefficient (Wildman–Crippen LogP) is 3.70. The van der Waals surface area contributed by atoms with Gasteiger partial charge in [0, 0.05) is 24.4 Å². The molecule has 2 heterocycles. The number of ether oxygens (including phenoxy) is 1. The van der Waals surface area contributed by atoms with Crippen LogP contribution in [0.5, 0.6) is 0 Å². The van der Waals surface area contributed by atoms with Crippen molar-refractivity contribution in [2.24, 2.45) is 0 Å². The predicted molar refractivity (Wildman–Crippen MR) is 93.6 cm³/mol. The fraction of sp³-hybridized carbons (Fsp3) is 0.368. The van der Waals surface area contributed by atoms with Crippen molar-refractivity contribution in [1.29, 1.82) is 0 Å². The van der Waals surface area contributed by atoms with E-state index in [1.165, 1.54) is 6.92 Å². The second-order valence-corrected chi connectivity index (χ2v) is 6.16. The molecular formula is C19H22N2O4. The highest BCUT2D eigenvalue weighted by Crippen LogP contribution is 2.17. The van der Waals surface area contributed by atoms with Crippen LogP contribution >= 0.6 is 0 Å². The highest BCUT2D eigenvalue weighted by Gasteiger charge is 2.23. The Morgan fingerprint density at radius 2 is 2.16 bits per heavy atom. The minimum atomic E-state index is -0.243. The number of amides is 2. The number of hydrogen-bond acceptors (Lipinski definition) is 4. The molecule has 1 aliphatic heterocycles. The van der Waals surface area contributed by atoms with Gasteiger partial charge in [0.05, 0.1) is 18.9 Å². The smallest absolute Gasteiger partial charge is 0.322 e. The molecule has 1 aromatic carbocycles. The molecule has 6 heteroatoms.